The summed E-state index contributed by atoms with van der Waals surface area (Å²) >= 11 is 0. The van der Waals surface area contributed by atoms with E-state index in [4.69, 9.17) is 10.2 Å². The molecular formula is C20H14IrN4O-2. The molecular weight excluding hydrogens is 504 g/mol. The maximum atomic E-state index is 7.76. The van der Waals surface area contributed by atoms with Crippen molar-refractivity contribution in [3.8, 4) is 5.69 Å². The molecule has 3 aromatic heterocycles. The van der Waals surface area contributed by atoms with Crippen LogP contribution in [0.5, 0.6) is 0 Å². The second-order valence-corrected chi connectivity index (χ2v) is 5.33. The van der Waals surface area contributed by atoms with E-state index < -0.39 is 0 Å². The maximum Gasteiger partial charge on any atom is 0.153 e. The summed E-state index contributed by atoms with van der Waals surface area (Å²) < 4.78 is 7.33. The van der Waals surface area contributed by atoms with Gasteiger partial charge in [0.1, 0.15) is 11.1 Å². The second-order valence-electron chi connectivity index (χ2n) is 5.33. The van der Waals surface area contributed by atoms with E-state index in [2.05, 4.69) is 16.1 Å². The fraction of sp³-hybridized carbons (Fsp3) is 0. The number of benzene rings is 2. The molecule has 5 nitrogen and oxygen atoms in total. The average molecular weight is 519 g/mol. The van der Waals surface area contributed by atoms with Crippen LogP contribution in [-0.4, -0.2) is 14.8 Å². The molecule has 3 heterocycles. The minimum atomic E-state index is 0. The Labute approximate surface area is 163 Å². The van der Waals surface area contributed by atoms with Crippen LogP contribution in [0.25, 0.3) is 33.5 Å². The van der Waals surface area contributed by atoms with E-state index in [-0.39, 0.29) is 20.1 Å². The predicted octanol–water partition coefficient (Wildman–Crippen LogP) is 5.33. The molecule has 0 aliphatic carbocycles. The number of rotatable bonds is 1. The summed E-state index contributed by atoms with van der Waals surface area (Å²) in [6.45, 7) is 0. The standard InChI is InChI=1S/C11H7N2O.C9H7N2.Ir/c12-7-3-1-4-8-10(7)11-9(14-8)5-2-6-13-11;1-2-5-9(6-3-1)11-8-4-7-10-11;/h1-6,12H;1-5,7-8H;/q2*-1;. The molecule has 26 heavy (non-hydrogen) atoms. The van der Waals surface area contributed by atoms with Gasteiger partial charge in [-0.2, -0.15) is 29.4 Å². The molecule has 0 bridgehead atoms. The molecule has 2 aromatic carbocycles. The molecule has 0 unspecified atom stereocenters. The Hall–Kier alpha value is -2.95. The summed E-state index contributed by atoms with van der Waals surface area (Å²) in [4.78, 5) is 4.22. The van der Waals surface area contributed by atoms with Gasteiger partial charge in [-0.25, -0.2) is 0 Å². The van der Waals surface area contributed by atoms with Crippen LogP contribution in [-0.2, 0) is 20.1 Å². The van der Waals surface area contributed by atoms with Crippen molar-refractivity contribution in [3.05, 3.63) is 91.1 Å². The number of aromatic nitrogens is 3. The van der Waals surface area contributed by atoms with Gasteiger partial charge in [0, 0.05) is 44.1 Å². The summed E-state index contributed by atoms with van der Waals surface area (Å²) in [5, 5.41) is 4.87. The van der Waals surface area contributed by atoms with Gasteiger partial charge in [-0.1, -0.05) is 12.1 Å². The first kappa shape index (κ1) is 17.9. The first-order valence-corrected chi connectivity index (χ1v) is 7.77. The van der Waals surface area contributed by atoms with E-state index in [9.17, 15) is 0 Å². The van der Waals surface area contributed by atoms with Gasteiger partial charge in [-0.3, -0.25) is 9.67 Å². The van der Waals surface area contributed by atoms with Crippen molar-refractivity contribution in [1.82, 2.24) is 14.8 Å². The average Bonchev–Trinajstić information content (AvgIpc) is 3.31. The summed E-state index contributed by atoms with van der Waals surface area (Å²) in [5.74, 6) is 0. The van der Waals surface area contributed by atoms with Crippen molar-refractivity contribution in [2.45, 2.75) is 0 Å². The topological polar surface area (TPSA) is 67.7 Å². The van der Waals surface area contributed by atoms with Gasteiger partial charge in [0.05, 0.1) is 0 Å². The van der Waals surface area contributed by atoms with Gasteiger partial charge < -0.3 is 10.2 Å². The normalized spacial score (nSPS) is 10.2. The van der Waals surface area contributed by atoms with Gasteiger partial charge >= 0.3 is 0 Å². The van der Waals surface area contributed by atoms with Crippen molar-refractivity contribution in [2.75, 3.05) is 0 Å². The Morgan fingerprint density at radius 2 is 1.81 bits per heavy atom. The summed E-state index contributed by atoms with van der Waals surface area (Å²) in [6.07, 6.45) is 5.36. The van der Waals surface area contributed by atoms with Gasteiger partial charge in [0.2, 0.25) is 0 Å². The molecule has 5 rings (SSSR count). The zero-order chi connectivity index (χ0) is 17.1. The molecule has 1 N–H and O–H groups in total. The molecule has 0 spiro atoms. The SMILES string of the molecule is [Ir].[NH-]c1cccc2oc3cccnc3c12.[c-]1ccccc1-n1cccn1. The third kappa shape index (κ3) is 3.52. The van der Waals surface area contributed by atoms with Crippen LogP contribution in [0.2, 0.25) is 0 Å². The Morgan fingerprint density at radius 3 is 2.58 bits per heavy atom. The van der Waals surface area contributed by atoms with E-state index in [0.29, 0.717) is 5.69 Å². The largest absolute Gasteiger partial charge is 0.698 e. The third-order valence-electron chi connectivity index (χ3n) is 3.70. The third-order valence-corrected chi connectivity index (χ3v) is 3.70. The van der Waals surface area contributed by atoms with E-state index in [0.717, 1.165) is 27.8 Å². The number of hydrogen-bond donors (Lipinski definition) is 0. The Balaban J connectivity index is 0.000000149. The molecule has 0 saturated carbocycles. The van der Waals surface area contributed by atoms with Gasteiger partial charge in [0.25, 0.3) is 0 Å². The van der Waals surface area contributed by atoms with Crippen molar-refractivity contribution in [1.29, 1.82) is 0 Å². The first-order valence-electron chi connectivity index (χ1n) is 7.77. The molecule has 6 heteroatoms. The van der Waals surface area contributed by atoms with Crippen LogP contribution in [0.4, 0.5) is 5.69 Å². The molecule has 0 aliphatic heterocycles. The van der Waals surface area contributed by atoms with Crippen molar-refractivity contribution in [2.24, 2.45) is 0 Å². The van der Waals surface area contributed by atoms with Gasteiger partial charge in [-0.05, 0) is 30.0 Å². The molecule has 5 aromatic rings. The number of fused-ring (bicyclic) bond motifs is 3. The maximum absolute atomic E-state index is 7.76. The molecule has 0 fully saturated rings. The fourth-order valence-electron chi connectivity index (χ4n) is 2.58. The van der Waals surface area contributed by atoms with E-state index in [1.807, 2.05) is 60.8 Å². The summed E-state index contributed by atoms with van der Waals surface area (Å²) in [5.41, 5.74) is 11.4. The van der Waals surface area contributed by atoms with Crippen molar-refractivity contribution < 1.29 is 24.5 Å². The molecule has 0 aliphatic rings. The van der Waals surface area contributed by atoms with E-state index in [1.54, 1.807) is 23.1 Å². The number of furan rings is 1. The molecule has 131 valence electrons. The van der Waals surface area contributed by atoms with Crippen LogP contribution in [0.15, 0.2) is 83.7 Å². The molecule has 1 radical (unpaired) electrons. The van der Waals surface area contributed by atoms with Crippen molar-refractivity contribution in [3.63, 3.8) is 0 Å². The van der Waals surface area contributed by atoms with E-state index in [1.165, 1.54) is 0 Å². The van der Waals surface area contributed by atoms with Crippen LogP contribution >= 0.6 is 0 Å². The van der Waals surface area contributed by atoms with Crippen LogP contribution in [0.1, 0.15) is 0 Å². The zero-order valence-corrected chi connectivity index (χ0v) is 16.0. The number of pyridine rings is 1. The summed E-state index contributed by atoms with van der Waals surface area (Å²) in [7, 11) is 0. The zero-order valence-electron chi connectivity index (χ0n) is 13.6. The Bertz CT molecular complexity index is 1100. The minimum Gasteiger partial charge on any atom is -0.698 e. The molecule has 0 amide bonds. The van der Waals surface area contributed by atoms with Crippen LogP contribution in [0.3, 0.4) is 0 Å². The number of hydrogen-bond acceptors (Lipinski definition) is 3. The second kappa shape index (κ2) is 7.95. The predicted molar refractivity (Wildman–Crippen MR) is 97.9 cm³/mol. The molecule has 0 atom stereocenters. The van der Waals surface area contributed by atoms with Crippen LogP contribution < -0.4 is 0 Å². The Kier molecular flexibility index (Phi) is 5.46. The first-order chi connectivity index (χ1) is 12.3. The number of nitrogens with one attached hydrogen (secondary N) is 1. The number of nitrogens with zero attached hydrogens (tertiary/aromatic N) is 3. The van der Waals surface area contributed by atoms with E-state index >= 15 is 0 Å². The van der Waals surface area contributed by atoms with Gasteiger partial charge in [0.15, 0.2) is 5.58 Å². The minimum absolute atomic E-state index is 0. The number of para-hydroxylation sites is 1. The Morgan fingerprint density at radius 1 is 0.923 bits per heavy atom. The smallest absolute Gasteiger partial charge is 0.153 e. The monoisotopic (exact) mass is 519 g/mol. The van der Waals surface area contributed by atoms with Crippen LogP contribution in [0, 0.1) is 6.07 Å². The fourth-order valence-corrected chi connectivity index (χ4v) is 2.58. The quantitative estimate of drug-likeness (QED) is 0.282. The molecule has 0 saturated heterocycles. The van der Waals surface area contributed by atoms with Gasteiger partial charge in [-0.15, -0.1) is 11.8 Å². The summed E-state index contributed by atoms with van der Waals surface area (Å²) in [6, 6.07) is 21.8. The van der Waals surface area contributed by atoms with Crippen molar-refractivity contribution >= 4 is 27.8 Å².